The summed E-state index contributed by atoms with van der Waals surface area (Å²) in [6.07, 6.45) is 2.80. The van der Waals surface area contributed by atoms with Crippen molar-refractivity contribution in [3.8, 4) is 5.75 Å². The van der Waals surface area contributed by atoms with Crippen LogP contribution in [0.1, 0.15) is 72.3 Å². The predicted molar refractivity (Wildman–Crippen MR) is 179 cm³/mol. The maximum atomic E-state index is 14.0. The first-order valence-electron chi connectivity index (χ1n) is 16.3. The van der Waals surface area contributed by atoms with E-state index in [2.05, 4.69) is 5.32 Å². The molecule has 4 aliphatic heterocycles. The summed E-state index contributed by atoms with van der Waals surface area (Å²) in [5.41, 5.74) is -1.86. The van der Waals surface area contributed by atoms with E-state index >= 15 is 0 Å². The maximum Gasteiger partial charge on any atom is 0.409 e. The topological polar surface area (TPSA) is 142 Å². The van der Waals surface area contributed by atoms with E-state index in [0.29, 0.717) is 24.5 Å². The average Bonchev–Trinajstić information content (AvgIpc) is 3.01. The van der Waals surface area contributed by atoms with Crippen molar-refractivity contribution in [2.75, 3.05) is 32.8 Å². The Balaban J connectivity index is 1.76. The van der Waals surface area contributed by atoms with Crippen LogP contribution in [0.3, 0.4) is 0 Å². The third-order valence-corrected chi connectivity index (χ3v) is 9.70. The molecule has 2 saturated heterocycles. The smallest absolute Gasteiger partial charge is 0.409 e. The molecular formula is C35H49ClN2O10. The number of amides is 2. The molecule has 4 heterocycles. The van der Waals surface area contributed by atoms with Gasteiger partial charge in [0.25, 0.3) is 0 Å². The summed E-state index contributed by atoms with van der Waals surface area (Å²) in [6, 6.07) is 3.62. The van der Waals surface area contributed by atoms with Crippen LogP contribution in [0, 0.1) is 0 Å². The zero-order chi connectivity index (χ0) is 35.4. The monoisotopic (exact) mass is 692 g/mol. The van der Waals surface area contributed by atoms with E-state index in [1.165, 1.54) is 19.1 Å². The van der Waals surface area contributed by atoms with Crippen LogP contribution in [0.15, 0.2) is 35.9 Å². The van der Waals surface area contributed by atoms with Crippen molar-refractivity contribution in [1.29, 1.82) is 0 Å². The van der Waals surface area contributed by atoms with Crippen molar-refractivity contribution < 1.29 is 47.9 Å². The highest BCUT2D eigenvalue weighted by Crippen LogP contribution is 2.50. The van der Waals surface area contributed by atoms with E-state index in [9.17, 15) is 19.5 Å². The second-order valence-electron chi connectivity index (χ2n) is 13.4. The summed E-state index contributed by atoms with van der Waals surface area (Å²) >= 11 is 6.73. The summed E-state index contributed by atoms with van der Waals surface area (Å²) in [5, 5.41) is 14.4. The molecule has 2 amide bonds. The number of hydrogen-bond donors (Lipinski definition) is 2. The molecule has 0 aromatic heterocycles. The predicted octanol–water partition coefficient (Wildman–Crippen LogP) is 5.02. The number of rotatable bonds is 8. The number of nitrogens with zero attached hydrogens (tertiary/aromatic N) is 1. The van der Waals surface area contributed by atoms with Crippen molar-refractivity contribution >= 4 is 35.3 Å². The molecule has 6 bridgehead atoms. The van der Waals surface area contributed by atoms with Gasteiger partial charge in [-0.1, -0.05) is 48.7 Å². The minimum Gasteiger partial charge on any atom is -0.495 e. The molecule has 0 radical (unpaired) electrons. The van der Waals surface area contributed by atoms with Gasteiger partial charge in [0.15, 0.2) is 11.8 Å². The fourth-order valence-electron chi connectivity index (χ4n) is 6.61. The lowest BCUT2D eigenvalue weighted by Gasteiger charge is -2.59. The number of benzene rings is 1. The summed E-state index contributed by atoms with van der Waals surface area (Å²) < 4.78 is 35.0. The van der Waals surface area contributed by atoms with Crippen LogP contribution in [0.4, 0.5) is 10.5 Å². The summed E-state index contributed by atoms with van der Waals surface area (Å²) in [7, 11) is 4.54. The number of fused-ring (bicyclic) bond motifs is 6. The number of allylic oxidation sites excluding steroid dienone is 3. The first-order chi connectivity index (χ1) is 22.6. The normalized spacial score (nSPS) is 33.3. The molecule has 0 aliphatic carbocycles. The van der Waals surface area contributed by atoms with E-state index in [4.69, 9.17) is 40.0 Å². The Bertz CT molecular complexity index is 1420. The largest absolute Gasteiger partial charge is 0.495 e. The van der Waals surface area contributed by atoms with Gasteiger partial charge in [0.1, 0.15) is 40.3 Å². The van der Waals surface area contributed by atoms with Gasteiger partial charge in [-0.15, -0.1) is 0 Å². The Hall–Kier alpha value is -3.16. The van der Waals surface area contributed by atoms with Gasteiger partial charge >= 0.3 is 12.1 Å². The molecule has 5 rings (SSSR count). The number of ether oxygens (including phenoxy) is 6. The lowest BCUT2D eigenvalue weighted by Crippen LogP contribution is -2.72. The highest BCUT2D eigenvalue weighted by molar-refractivity contribution is 6.35. The van der Waals surface area contributed by atoms with Gasteiger partial charge in [-0.05, 0) is 58.2 Å². The molecule has 266 valence electrons. The summed E-state index contributed by atoms with van der Waals surface area (Å²) in [5.74, 6) is -0.621. The quantitative estimate of drug-likeness (QED) is 0.282. The number of alkyl carbamates (subject to hydrolysis) is 1. The van der Waals surface area contributed by atoms with Gasteiger partial charge in [-0.25, -0.2) is 9.59 Å². The molecule has 0 saturated carbocycles. The summed E-state index contributed by atoms with van der Waals surface area (Å²) in [6.45, 7) is 9.44. The van der Waals surface area contributed by atoms with Gasteiger partial charge in [-0.2, -0.15) is 0 Å². The Morgan fingerprint density at radius 1 is 1.23 bits per heavy atom. The molecule has 12 nitrogen and oxygen atoms in total. The molecule has 1 aromatic carbocycles. The van der Waals surface area contributed by atoms with Crippen molar-refractivity contribution in [2.45, 2.75) is 114 Å². The fourth-order valence-corrected chi connectivity index (χ4v) is 6.92. The molecular weight excluding hydrogens is 644 g/mol. The van der Waals surface area contributed by atoms with Gasteiger partial charge < -0.3 is 38.4 Å². The van der Waals surface area contributed by atoms with Crippen LogP contribution < -0.4 is 15.0 Å². The number of nitrogens with one attached hydrogen (secondary N) is 1. The van der Waals surface area contributed by atoms with Gasteiger partial charge in [0, 0.05) is 33.6 Å². The van der Waals surface area contributed by atoms with Crippen LogP contribution >= 0.6 is 11.6 Å². The van der Waals surface area contributed by atoms with Crippen LogP contribution in [0.2, 0.25) is 5.02 Å². The fraction of sp³-hybridized carbons (Fsp3) is 0.629. The molecule has 7 atom stereocenters. The Labute approximate surface area is 287 Å². The van der Waals surface area contributed by atoms with Gasteiger partial charge in [0.2, 0.25) is 5.91 Å². The first kappa shape index (κ1) is 37.7. The highest BCUT2D eigenvalue weighted by atomic mass is 35.5. The number of esters is 1. The maximum absolute atomic E-state index is 14.0. The van der Waals surface area contributed by atoms with E-state index < -0.39 is 53.4 Å². The molecule has 1 aromatic rings. The first-order valence-corrected chi connectivity index (χ1v) is 16.7. The number of aliphatic hydroxyl groups is 1. The zero-order valence-corrected chi connectivity index (χ0v) is 29.8. The van der Waals surface area contributed by atoms with Gasteiger partial charge in [0.05, 0.1) is 19.2 Å². The second kappa shape index (κ2) is 15.2. The van der Waals surface area contributed by atoms with Crippen molar-refractivity contribution in [3.63, 3.8) is 0 Å². The number of methoxy groups -OCH3 is 2. The lowest BCUT2D eigenvalue weighted by molar-refractivity contribution is -0.328. The minimum absolute atomic E-state index is 0.0601. The Morgan fingerprint density at radius 3 is 2.58 bits per heavy atom. The molecule has 4 aliphatic rings. The zero-order valence-electron chi connectivity index (χ0n) is 29.1. The van der Waals surface area contributed by atoms with E-state index in [1.54, 1.807) is 46.0 Å². The van der Waals surface area contributed by atoms with E-state index in [0.717, 1.165) is 24.0 Å². The van der Waals surface area contributed by atoms with Crippen molar-refractivity contribution in [2.24, 2.45) is 0 Å². The SMILES string of the molecule is CCCCO[C@H](C)C(=O)O[C@H]1CC(=O)N(C)c2cc(cc(OC)c2Cl)C/C(C)=C/C=C/[C@@H](OC)[C@@]2(O)C[C@H](OC(=O)N2)C2(C)C[C@@]1(C)O2. The lowest BCUT2D eigenvalue weighted by atomic mass is 9.72. The number of unbranched alkanes of at least 4 members (excludes halogenated alkanes) is 1. The molecule has 0 spiro atoms. The number of halogens is 1. The van der Waals surface area contributed by atoms with Crippen LogP contribution in [-0.4, -0.2) is 92.3 Å². The number of anilines is 1. The Kier molecular flexibility index (Phi) is 11.9. The highest BCUT2D eigenvalue weighted by Gasteiger charge is 2.63. The number of carbonyl (C=O) groups is 3. The van der Waals surface area contributed by atoms with Crippen LogP contribution in [0.25, 0.3) is 0 Å². The van der Waals surface area contributed by atoms with Crippen molar-refractivity contribution in [1.82, 2.24) is 5.32 Å². The standard InChI is InChI=1S/C35H49ClN2O10/c1-9-10-14-45-22(3)31(40)46-27-18-29(39)38(6)24-16-23(17-25(43-7)30(24)36)15-21(2)12-11-13-26(44-8)35(42)19-28(47-32(41)37-35)34(5)20-33(27,4)48-34/h11-13,16-17,22,26-28,42H,9-10,14-15,18-20H2,1-8H3,(H,37,41)/b13-11+,21-12+/t22-,26-,27+,28+,33-,34?,35+/m1/s1. The van der Waals surface area contributed by atoms with Crippen LogP contribution in [0.5, 0.6) is 5.75 Å². The third kappa shape index (κ3) is 8.16. The molecule has 13 heteroatoms. The second-order valence-corrected chi connectivity index (χ2v) is 13.7. The van der Waals surface area contributed by atoms with Gasteiger partial charge in [-0.3, -0.25) is 10.1 Å². The number of hydrogen-bond acceptors (Lipinski definition) is 10. The minimum atomic E-state index is -1.82. The van der Waals surface area contributed by atoms with Crippen LogP contribution in [-0.2, 0) is 39.7 Å². The third-order valence-electron chi connectivity index (χ3n) is 9.32. The molecule has 1 unspecified atom stereocenters. The number of carbonyl (C=O) groups excluding carboxylic acids is 3. The van der Waals surface area contributed by atoms with Crippen molar-refractivity contribution in [3.05, 3.63) is 46.5 Å². The molecule has 2 fully saturated rings. The van der Waals surface area contributed by atoms with E-state index in [1.807, 2.05) is 26.0 Å². The Morgan fingerprint density at radius 2 is 1.94 bits per heavy atom. The molecule has 2 N–H and O–H groups in total. The summed E-state index contributed by atoms with van der Waals surface area (Å²) in [4.78, 5) is 41.4. The average molecular weight is 693 g/mol. The molecule has 48 heavy (non-hydrogen) atoms. The van der Waals surface area contributed by atoms with E-state index in [-0.39, 0.29) is 30.2 Å².